The van der Waals surface area contributed by atoms with Gasteiger partial charge in [-0.25, -0.2) is 4.90 Å². The van der Waals surface area contributed by atoms with E-state index in [1.807, 2.05) is 0 Å². The summed E-state index contributed by atoms with van der Waals surface area (Å²) < 4.78 is 5.19. The van der Waals surface area contributed by atoms with E-state index < -0.39 is 35.2 Å². The zero-order chi connectivity index (χ0) is 24.1. The normalized spacial score (nSPS) is 26.4. The van der Waals surface area contributed by atoms with Gasteiger partial charge in [-0.2, -0.15) is 0 Å². The van der Waals surface area contributed by atoms with Gasteiger partial charge in [0.05, 0.1) is 24.6 Å². The van der Waals surface area contributed by atoms with Crippen molar-refractivity contribution in [3.8, 4) is 5.75 Å². The van der Waals surface area contributed by atoms with Gasteiger partial charge >= 0.3 is 0 Å². The molecule has 1 N–H and O–H groups in total. The molecule has 1 saturated heterocycles. The lowest BCUT2D eigenvalue weighted by atomic mass is 9.52. The summed E-state index contributed by atoms with van der Waals surface area (Å²) >= 11 is 26.4. The average molecular weight is 535 g/mol. The number of aliphatic hydroxyl groups is 1. The molecule has 5 nitrogen and oxygen atoms in total. The van der Waals surface area contributed by atoms with E-state index in [0.29, 0.717) is 43.7 Å². The van der Waals surface area contributed by atoms with Gasteiger partial charge in [0.25, 0.3) is 0 Å². The molecular formula is C25H15Cl4NO4. The van der Waals surface area contributed by atoms with Crippen LogP contribution in [-0.4, -0.2) is 24.0 Å². The van der Waals surface area contributed by atoms with Gasteiger partial charge in [0, 0.05) is 37.1 Å². The summed E-state index contributed by atoms with van der Waals surface area (Å²) in [4.78, 5) is 28.8. The lowest BCUT2D eigenvalue weighted by molar-refractivity contribution is -0.133. The molecule has 2 amide bonds. The first-order valence-corrected chi connectivity index (χ1v) is 11.9. The Hall–Kier alpha value is -2.28. The fraction of sp³-hybridized carbons (Fsp3) is 0.200. The standard InChI is InChI=1S/C25H15Cl4NO4/c1-34-11-4-2-10(3-5-11)30-23(31)19-18-16-12(26)6-8-14(28)20(16)25(33,22(19)24(30)32)21-15(29)9-7-13(27)17(18)21/h2-9,18-19,22,33H,1H3. The van der Waals surface area contributed by atoms with E-state index in [0.717, 1.165) is 4.90 Å². The number of benzene rings is 3. The number of carbonyl (C=O) groups excluding carboxylic acids is 2. The van der Waals surface area contributed by atoms with Gasteiger partial charge in [0.1, 0.15) is 11.4 Å². The Morgan fingerprint density at radius 2 is 1.29 bits per heavy atom. The van der Waals surface area contributed by atoms with Crippen LogP contribution in [0.15, 0.2) is 48.5 Å². The molecule has 34 heavy (non-hydrogen) atoms. The van der Waals surface area contributed by atoms with Crippen LogP contribution in [-0.2, 0) is 15.2 Å². The van der Waals surface area contributed by atoms with Crippen LogP contribution in [0, 0.1) is 11.8 Å². The van der Waals surface area contributed by atoms with Crippen molar-refractivity contribution in [2.45, 2.75) is 11.5 Å². The minimum atomic E-state index is -2.00. The Bertz CT molecular complexity index is 1360. The molecule has 7 rings (SSSR count). The lowest BCUT2D eigenvalue weighted by Gasteiger charge is -2.52. The minimum absolute atomic E-state index is 0.232. The van der Waals surface area contributed by atoms with Crippen molar-refractivity contribution in [3.05, 3.63) is 90.9 Å². The molecule has 0 radical (unpaired) electrons. The number of imide groups is 1. The van der Waals surface area contributed by atoms with Gasteiger partial charge in [-0.15, -0.1) is 0 Å². The van der Waals surface area contributed by atoms with E-state index in [4.69, 9.17) is 51.1 Å². The van der Waals surface area contributed by atoms with Crippen LogP contribution in [0.4, 0.5) is 5.69 Å². The number of halogens is 4. The Morgan fingerprint density at radius 3 is 1.79 bits per heavy atom. The maximum atomic E-state index is 13.9. The van der Waals surface area contributed by atoms with E-state index in [-0.39, 0.29) is 10.0 Å². The van der Waals surface area contributed by atoms with Crippen LogP contribution in [0.5, 0.6) is 5.75 Å². The highest BCUT2D eigenvalue weighted by molar-refractivity contribution is 6.37. The number of methoxy groups -OCH3 is 1. The summed E-state index contributed by atoms with van der Waals surface area (Å²) in [6.45, 7) is 0. The highest BCUT2D eigenvalue weighted by Gasteiger charge is 2.70. The van der Waals surface area contributed by atoms with Crippen LogP contribution in [0.25, 0.3) is 0 Å². The highest BCUT2D eigenvalue weighted by atomic mass is 35.5. The van der Waals surface area contributed by atoms with E-state index >= 15 is 0 Å². The zero-order valence-electron chi connectivity index (χ0n) is 17.5. The van der Waals surface area contributed by atoms with Gasteiger partial charge in [-0.1, -0.05) is 46.4 Å². The summed E-state index contributed by atoms with van der Waals surface area (Å²) in [6, 6.07) is 12.9. The molecule has 0 aromatic heterocycles. The molecule has 3 aromatic carbocycles. The number of nitrogens with zero attached hydrogens (tertiary/aromatic N) is 1. The van der Waals surface area contributed by atoms with Crippen molar-refractivity contribution < 1.29 is 19.4 Å². The average Bonchev–Trinajstić information content (AvgIpc) is 3.10. The molecule has 3 aliphatic carbocycles. The number of ether oxygens (including phenoxy) is 1. The van der Waals surface area contributed by atoms with E-state index in [2.05, 4.69) is 0 Å². The molecule has 2 unspecified atom stereocenters. The molecule has 2 atom stereocenters. The summed E-state index contributed by atoms with van der Waals surface area (Å²) in [5.74, 6) is -3.22. The Morgan fingerprint density at radius 1 is 0.794 bits per heavy atom. The molecule has 1 aliphatic heterocycles. The maximum Gasteiger partial charge on any atom is 0.241 e. The van der Waals surface area contributed by atoms with Crippen molar-refractivity contribution >= 4 is 63.9 Å². The SMILES string of the molecule is COc1ccc(N2C(=O)C3C4c5c(Cl)ccc(Cl)c5C(O)(c5c(Cl)ccc(Cl)c54)C3C2=O)cc1. The summed E-state index contributed by atoms with van der Waals surface area (Å²) in [5, 5.41) is 13.5. The Labute approximate surface area is 214 Å². The Kier molecular flexibility index (Phi) is 4.81. The number of amides is 2. The largest absolute Gasteiger partial charge is 0.497 e. The monoisotopic (exact) mass is 533 g/mol. The molecule has 1 fully saturated rings. The zero-order valence-corrected chi connectivity index (χ0v) is 20.5. The molecular weight excluding hydrogens is 520 g/mol. The second-order valence-electron chi connectivity index (χ2n) is 8.59. The van der Waals surface area contributed by atoms with Crippen LogP contribution in [0.2, 0.25) is 20.1 Å². The van der Waals surface area contributed by atoms with Gasteiger partial charge in [-0.3, -0.25) is 9.59 Å². The van der Waals surface area contributed by atoms with E-state index in [1.54, 1.807) is 48.5 Å². The Balaban J connectivity index is 1.66. The first-order chi connectivity index (χ1) is 16.2. The molecule has 2 bridgehead atoms. The maximum absolute atomic E-state index is 13.9. The third-order valence-corrected chi connectivity index (χ3v) is 8.45. The molecule has 3 aromatic rings. The van der Waals surface area contributed by atoms with Crippen molar-refractivity contribution in [1.82, 2.24) is 0 Å². The molecule has 0 spiro atoms. The summed E-state index contributed by atoms with van der Waals surface area (Å²) in [7, 11) is 1.53. The second-order valence-corrected chi connectivity index (χ2v) is 10.2. The fourth-order valence-electron chi connectivity index (χ4n) is 5.91. The minimum Gasteiger partial charge on any atom is -0.497 e. The van der Waals surface area contributed by atoms with Crippen molar-refractivity contribution in [1.29, 1.82) is 0 Å². The molecule has 172 valence electrons. The van der Waals surface area contributed by atoms with Gasteiger partial charge in [-0.05, 0) is 59.7 Å². The summed E-state index contributed by atoms with van der Waals surface area (Å²) in [6.07, 6.45) is 0. The molecule has 4 aliphatic rings. The molecule has 9 heteroatoms. The van der Waals surface area contributed by atoms with E-state index in [9.17, 15) is 14.7 Å². The van der Waals surface area contributed by atoms with Crippen LogP contribution < -0.4 is 9.64 Å². The van der Waals surface area contributed by atoms with Crippen molar-refractivity contribution in [3.63, 3.8) is 0 Å². The molecule has 0 saturated carbocycles. The smallest absolute Gasteiger partial charge is 0.241 e. The van der Waals surface area contributed by atoms with Gasteiger partial charge in [0.15, 0.2) is 0 Å². The summed E-state index contributed by atoms with van der Waals surface area (Å²) in [5.41, 5.74) is -0.0536. The number of hydrogen-bond donors (Lipinski definition) is 1. The highest BCUT2D eigenvalue weighted by Crippen LogP contribution is 2.67. The van der Waals surface area contributed by atoms with Crippen molar-refractivity contribution in [2.24, 2.45) is 11.8 Å². The third kappa shape index (κ3) is 2.57. The third-order valence-electron chi connectivity index (χ3n) is 7.16. The number of hydrogen-bond acceptors (Lipinski definition) is 4. The van der Waals surface area contributed by atoms with Gasteiger partial charge < -0.3 is 9.84 Å². The fourth-order valence-corrected chi connectivity index (χ4v) is 7.08. The number of rotatable bonds is 2. The van der Waals surface area contributed by atoms with Crippen LogP contribution in [0.3, 0.4) is 0 Å². The predicted molar refractivity (Wildman–Crippen MR) is 130 cm³/mol. The lowest BCUT2D eigenvalue weighted by Crippen LogP contribution is -2.54. The van der Waals surface area contributed by atoms with Crippen LogP contribution in [0.1, 0.15) is 28.2 Å². The van der Waals surface area contributed by atoms with E-state index in [1.165, 1.54) is 7.11 Å². The number of carbonyl (C=O) groups is 2. The van der Waals surface area contributed by atoms with Crippen LogP contribution >= 0.6 is 46.4 Å². The van der Waals surface area contributed by atoms with Crippen molar-refractivity contribution in [2.75, 3.05) is 12.0 Å². The quantitative estimate of drug-likeness (QED) is 0.421. The topological polar surface area (TPSA) is 66.8 Å². The predicted octanol–water partition coefficient (Wildman–Crippen LogP) is 5.81. The number of anilines is 1. The van der Waals surface area contributed by atoms with Gasteiger partial charge in [0.2, 0.25) is 11.8 Å². The first-order valence-electron chi connectivity index (χ1n) is 10.4. The second kappa shape index (κ2) is 7.36. The first kappa shape index (κ1) is 22.2. The molecule has 1 heterocycles.